The zero-order chi connectivity index (χ0) is 21.0. The van der Waals surface area contributed by atoms with E-state index in [1.165, 1.54) is 0 Å². The summed E-state index contributed by atoms with van der Waals surface area (Å²) in [4.78, 5) is 11.8. The number of carbonyl (C=O) groups excluding carboxylic acids is 1. The SMILES string of the molecule is O=C(OCCc1cccc2ccccc12)C(SOO[O-])(C(F)(F)F)C(F)(F)F. The van der Waals surface area contributed by atoms with Gasteiger partial charge in [0.15, 0.2) is 0 Å². The van der Waals surface area contributed by atoms with E-state index < -0.39 is 41.7 Å². The van der Waals surface area contributed by atoms with Gasteiger partial charge in [0.25, 0.3) is 0 Å². The number of halogens is 6. The van der Waals surface area contributed by atoms with E-state index in [4.69, 9.17) is 0 Å². The third kappa shape index (κ3) is 4.35. The maximum absolute atomic E-state index is 13.1. The van der Waals surface area contributed by atoms with Gasteiger partial charge in [0.1, 0.15) is 0 Å². The van der Waals surface area contributed by atoms with Gasteiger partial charge >= 0.3 is 23.1 Å². The Kier molecular flexibility index (Phi) is 6.80. The summed E-state index contributed by atoms with van der Waals surface area (Å²) in [6.45, 7) is -0.764. The normalized spacial score (nSPS) is 13.0. The minimum absolute atomic E-state index is 0.136. The summed E-state index contributed by atoms with van der Waals surface area (Å²) in [5, 5.41) is 13.8. The maximum Gasteiger partial charge on any atom is 0.425 e. The van der Waals surface area contributed by atoms with Crippen molar-refractivity contribution in [3.63, 3.8) is 0 Å². The topological polar surface area (TPSA) is 67.8 Å². The molecule has 0 unspecified atom stereocenters. The molecule has 0 heterocycles. The first kappa shape index (κ1) is 22.3. The molecular formula is C16H11F6O5S-. The summed E-state index contributed by atoms with van der Waals surface area (Å²) in [5.41, 5.74) is 0.558. The number of hydrogen-bond acceptors (Lipinski definition) is 6. The Bertz CT molecular complexity index is 804. The van der Waals surface area contributed by atoms with E-state index in [0.717, 1.165) is 5.39 Å². The second kappa shape index (κ2) is 8.55. The smallest absolute Gasteiger partial charge is 0.425 e. The fraction of sp³-hybridized carbons (Fsp3) is 0.312. The Morgan fingerprint density at radius 3 is 2.18 bits per heavy atom. The van der Waals surface area contributed by atoms with Gasteiger partial charge in [-0.15, -0.1) is 0 Å². The highest BCUT2D eigenvalue weighted by atomic mass is 32.2. The molecular weight excluding hydrogens is 418 g/mol. The van der Waals surface area contributed by atoms with Crippen LogP contribution in [0.15, 0.2) is 42.5 Å². The van der Waals surface area contributed by atoms with E-state index in [1.54, 1.807) is 42.5 Å². The fourth-order valence-electron chi connectivity index (χ4n) is 2.45. The van der Waals surface area contributed by atoms with Gasteiger partial charge in [0.2, 0.25) is 0 Å². The lowest BCUT2D eigenvalue weighted by Crippen LogP contribution is -2.60. The van der Waals surface area contributed by atoms with Gasteiger partial charge in [0, 0.05) is 6.42 Å². The van der Waals surface area contributed by atoms with Gasteiger partial charge < -0.3 is 9.99 Å². The number of ether oxygens (including phenoxy) is 1. The summed E-state index contributed by atoms with van der Waals surface area (Å²) >= 11 is -1.52. The van der Waals surface area contributed by atoms with Crippen molar-refractivity contribution in [2.75, 3.05) is 6.61 Å². The Morgan fingerprint density at radius 1 is 0.964 bits per heavy atom. The van der Waals surface area contributed by atoms with E-state index in [1.807, 2.05) is 0 Å². The van der Waals surface area contributed by atoms with Crippen LogP contribution in [0, 0.1) is 0 Å². The minimum Gasteiger partial charge on any atom is -0.691 e. The summed E-state index contributed by atoms with van der Waals surface area (Å²) in [7, 11) is 0. The maximum atomic E-state index is 13.1. The second-order valence-electron chi connectivity index (χ2n) is 5.42. The van der Waals surface area contributed by atoms with E-state index >= 15 is 0 Å². The van der Waals surface area contributed by atoms with Crippen molar-refractivity contribution in [2.24, 2.45) is 0 Å². The predicted molar refractivity (Wildman–Crippen MR) is 83.2 cm³/mol. The van der Waals surface area contributed by atoms with Gasteiger partial charge in [-0.05, 0) is 16.3 Å². The summed E-state index contributed by atoms with van der Waals surface area (Å²) in [6.07, 6.45) is -12.5. The highest BCUT2D eigenvalue weighted by Gasteiger charge is 2.79. The Labute approximate surface area is 158 Å². The van der Waals surface area contributed by atoms with Crippen LogP contribution in [-0.2, 0) is 25.3 Å². The molecule has 0 saturated heterocycles. The van der Waals surface area contributed by atoms with Crippen molar-refractivity contribution >= 4 is 28.8 Å². The number of hydrogen-bond donors (Lipinski definition) is 0. The minimum atomic E-state index is -6.18. The van der Waals surface area contributed by atoms with Crippen molar-refractivity contribution in [3.8, 4) is 0 Å². The molecule has 2 aromatic rings. The first-order chi connectivity index (χ1) is 13.0. The van der Waals surface area contributed by atoms with Gasteiger partial charge in [-0.3, -0.25) is 5.04 Å². The van der Waals surface area contributed by atoms with Crippen molar-refractivity contribution in [3.05, 3.63) is 48.0 Å². The van der Waals surface area contributed by atoms with E-state index in [0.29, 0.717) is 10.9 Å². The molecule has 0 saturated carbocycles. The molecule has 0 bridgehead atoms. The molecule has 0 spiro atoms. The van der Waals surface area contributed by atoms with Crippen LogP contribution in [0.5, 0.6) is 0 Å². The number of carbonyl (C=O) groups is 1. The number of benzene rings is 2. The molecule has 2 aromatic carbocycles. The molecule has 0 fully saturated rings. The predicted octanol–water partition coefficient (Wildman–Crippen LogP) is 3.66. The molecule has 0 aliphatic heterocycles. The van der Waals surface area contributed by atoms with Crippen LogP contribution in [0.1, 0.15) is 5.56 Å². The van der Waals surface area contributed by atoms with Crippen LogP contribution in [0.25, 0.3) is 10.8 Å². The lowest BCUT2D eigenvalue weighted by molar-refractivity contribution is -0.777. The highest BCUT2D eigenvalue weighted by Crippen LogP contribution is 2.53. The fourth-order valence-corrected chi connectivity index (χ4v) is 2.90. The molecule has 0 atom stereocenters. The van der Waals surface area contributed by atoms with Crippen LogP contribution < -0.4 is 5.26 Å². The second-order valence-corrected chi connectivity index (χ2v) is 6.34. The first-order valence-corrected chi connectivity index (χ1v) is 8.20. The van der Waals surface area contributed by atoms with Crippen LogP contribution in [-0.4, -0.2) is 29.7 Å². The molecule has 0 aliphatic rings. The van der Waals surface area contributed by atoms with Gasteiger partial charge in [-0.2, -0.15) is 30.7 Å². The lowest BCUT2D eigenvalue weighted by Gasteiger charge is -2.32. The standard InChI is InChI=1S/C16H12F6O5S/c17-15(18,19)14(16(20,21)22,28-27-26-24)13(23)25-9-8-11-6-3-5-10-4-1-2-7-12(10)11/h1-7,24H,8-9H2/p-1. The highest BCUT2D eigenvalue weighted by molar-refractivity contribution is 7.96. The molecule has 0 amide bonds. The third-order valence-electron chi connectivity index (χ3n) is 3.76. The molecule has 12 heteroatoms. The average Bonchev–Trinajstić information content (AvgIpc) is 2.60. The number of fused-ring (bicyclic) bond motifs is 1. The third-order valence-corrected chi connectivity index (χ3v) is 4.76. The molecule has 0 aromatic heterocycles. The van der Waals surface area contributed by atoms with E-state index in [-0.39, 0.29) is 6.42 Å². The molecule has 28 heavy (non-hydrogen) atoms. The van der Waals surface area contributed by atoms with E-state index in [2.05, 4.69) is 14.1 Å². The van der Waals surface area contributed by atoms with Crippen LogP contribution >= 0.6 is 12.0 Å². The monoisotopic (exact) mass is 429 g/mol. The molecule has 154 valence electrons. The van der Waals surface area contributed by atoms with Crippen LogP contribution in [0.4, 0.5) is 26.3 Å². The zero-order valence-corrected chi connectivity index (χ0v) is 14.5. The lowest BCUT2D eigenvalue weighted by atomic mass is 10.0. The van der Waals surface area contributed by atoms with Crippen molar-refractivity contribution < 1.29 is 50.5 Å². The first-order valence-electron chi connectivity index (χ1n) is 7.46. The quantitative estimate of drug-likeness (QED) is 0.220. The summed E-state index contributed by atoms with van der Waals surface area (Å²) in [5.74, 6) is -2.67. The van der Waals surface area contributed by atoms with E-state index in [9.17, 15) is 36.4 Å². The average molecular weight is 429 g/mol. The summed E-state index contributed by atoms with van der Waals surface area (Å²) in [6, 6.07) is 11.9. The van der Waals surface area contributed by atoms with Crippen molar-refractivity contribution in [1.82, 2.24) is 0 Å². The van der Waals surface area contributed by atoms with Gasteiger partial charge in [-0.25, -0.2) is 4.79 Å². The van der Waals surface area contributed by atoms with Crippen molar-refractivity contribution in [2.45, 2.75) is 23.5 Å². The van der Waals surface area contributed by atoms with Gasteiger partial charge in [-0.1, -0.05) is 42.5 Å². The summed E-state index contributed by atoms with van der Waals surface area (Å²) < 4.78 is 81.1. The molecule has 0 radical (unpaired) electrons. The Hall–Kier alpha value is -2.02. The molecule has 0 aliphatic carbocycles. The number of esters is 1. The molecule has 5 nitrogen and oxygen atoms in total. The molecule has 0 N–H and O–H groups in total. The Balaban J connectivity index is 2.21. The van der Waals surface area contributed by atoms with Crippen molar-refractivity contribution in [1.29, 1.82) is 0 Å². The largest absolute Gasteiger partial charge is 0.691 e. The zero-order valence-electron chi connectivity index (χ0n) is 13.7. The van der Waals surface area contributed by atoms with Crippen LogP contribution in [0.2, 0.25) is 0 Å². The van der Waals surface area contributed by atoms with Crippen LogP contribution in [0.3, 0.4) is 0 Å². The number of alkyl halides is 6. The molecule has 2 rings (SSSR count). The van der Waals surface area contributed by atoms with Gasteiger partial charge in [0.05, 0.1) is 18.6 Å². The number of rotatable bonds is 7. The Morgan fingerprint density at radius 2 is 1.57 bits per heavy atom.